The number of sulfonamides is 1. The molecular weight excluding hydrogens is 507 g/mol. The van der Waals surface area contributed by atoms with Crippen molar-refractivity contribution in [1.82, 2.24) is 31.3 Å². The van der Waals surface area contributed by atoms with E-state index in [1.54, 1.807) is 0 Å². The number of halogens is 3. The highest BCUT2D eigenvalue weighted by Crippen LogP contribution is 2.44. The molecule has 37 heavy (non-hydrogen) atoms. The minimum absolute atomic E-state index is 0.145. The number of nitrogens with two attached hydrogens (primary N) is 1. The van der Waals surface area contributed by atoms with Gasteiger partial charge in [-0.15, -0.1) is 10.2 Å². The van der Waals surface area contributed by atoms with Crippen LogP contribution >= 0.6 is 0 Å². The maximum atomic E-state index is 13.8. The molecule has 0 bridgehead atoms. The van der Waals surface area contributed by atoms with Gasteiger partial charge in [0.15, 0.2) is 0 Å². The SMILES string of the molecule is NS(=O)(=O)c1c(C(F)(F)F)ccc(C2CCC(NC3CCCCCNCCCC3)CC2)c1-c1nn[nH]n1. The van der Waals surface area contributed by atoms with E-state index >= 15 is 0 Å². The lowest BCUT2D eigenvalue weighted by molar-refractivity contribution is -0.139. The van der Waals surface area contributed by atoms with Crippen LogP contribution in [0.2, 0.25) is 0 Å². The summed E-state index contributed by atoms with van der Waals surface area (Å²) in [6.07, 6.45) is 6.45. The number of nitrogens with one attached hydrogen (secondary N) is 3. The molecule has 2 fully saturated rings. The largest absolute Gasteiger partial charge is 0.417 e. The Morgan fingerprint density at radius 1 is 0.919 bits per heavy atom. The van der Waals surface area contributed by atoms with Crippen LogP contribution in [0.25, 0.3) is 11.4 Å². The fourth-order valence-corrected chi connectivity index (χ4v) is 6.74. The average Bonchev–Trinajstić information content (AvgIpc) is 3.36. The monoisotopic (exact) mass is 543 g/mol. The van der Waals surface area contributed by atoms with Crippen molar-refractivity contribution in [2.75, 3.05) is 13.1 Å². The smallest absolute Gasteiger partial charge is 0.317 e. The third kappa shape index (κ3) is 7.27. The molecule has 1 saturated carbocycles. The number of H-pyrrole nitrogens is 1. The summed E-state index contributed by atoms with van der Waals surface area (Å²) in [4.78, 5) is -0.994. The van der Waals surface area contributed by atoms with Gasteiger partial charge >= 0.3 is 6.18 Å². The predicted molar refractivity (Wildman–Crippen MR) is 133 cm³/mol. The van der Waals surface area contributed by atoms with Crippen molar-refractivity contribution in [2.24, 2.45) is 5.14 Å². The summed E-state index contributed by atoms with van der Waals surface area (Å²) in [5.41, 5.74) is -1.07. The minimum Gasteiger partial charge on any atom is -0.317 e. The van der Waals surface area contributed by atoms with Crippen LogP contribution in [0.3, 0.4) is 0 Å². The van der Waals surface area contributed by atoms with Gasteiger partial charge in [0.2, 0.25) is 15.8 Å². The normalized spacial score (nSPS) is 24.9. The molecule has 1 aromatic carbocycles. The number of alkyl halides is 3. The highest BCUT2D eigenvalue weighted by Gasteiger charge is 2.40. The fourth-order valence-electron chi connectivity index (χ4n) is 5.75. The van der Waals surface area contributed by atoms with Crippen molar-refractivity contribution >= 4 is 10.0 Å². The average molecular weight is 544 g/mol. The lowest BCUT2D eigenvalue weighted by atomic mass is 9.79. The van der Waals surface area contributed by atoms with Crippen LogP contribution in [0.4, 0.5) is 13.2 Å². The van der Waals surface area contributed by atoms with E-state index in [1.807, 2.05) is 0 Å². The number of rotatable bonds is 5. The van der Waals surface area contributed by atoms with Crippen molar-refractivity contribution in [2.45, 2.75) is 99.7 Å². The molecule has 0 spiro atoms. The first kappa shape index (κ1) is 27.9. The van der Waals surface area contributed by atoms with Gasteiger partial charge in [-0.05, 0) is 87.2 Å². The van der Waals surface area contributed by atoms with Gasteiger partial charge in [0.1, 0.15) is 4.90 Å². The zero-order chi connectivity index (χ0) is 26.5. The van der Waals surface area contributed by atoms with Gasteiger partial charge < -0.3 is 10.6 Å². The molecular formula is C24H36F3N7O2S. The number of tetrazole rings is 1. The molecule has 2 aromatic rings. The van der Waals surface area contributed by atoms with E-state index in [4.69, 9.17) is 5.14 Å². The Morgan fingerprint density at radius 3 is 2.19 bits per heavy atom. The third-order valence-electron chi connectivity index (χ3n) is 7.55. The van der Waals surface area contributed by atoms with Crippen molar-refractivity contribution in [1.29, 1.82) is 0 Å². The zero-order valence-corrected chi connectivity index (χ0v) is 21.7. The van der Waals surface area contributed by atoms with Gasteiger partial charge in [-0.3, -0.25) is 0 Å². The van der Waals surface area contributed by atoms with Gasteiger partial charge in [0.25, 0.3) is 0 Å². The first-order chi connectivity index (χ1) is 17.6. The Hall–Kier alpha value is -2.09. The van der Waals surface area contributed by atoms with E-state index in [-0.39, 0.29) is 17.3 Å². The summed E-state index contributed by atoms with van der Waals surface area (Å²) in [5.74, 6) is -0.356. The molecule has 1 saturated heterocycles. The van der Waals surface area contributed by atoms with E-state index in [2.05, 4.69) is 31.3 Å². The Morgan fingerprint density at radius 2 is 1.57 bits per heavy atom. The lowest BCUT2D eigenvalue weighted by Gasteiger charge is -2.33. The fraction of sp³-hybridized carbons (Fsp3) is 0.708. The van der Waals surface area contributed by atoms with Crippen molar-refractivity contribution < 1.29 is 21.6 Å². The number of hydrogen-bond acceptors (Lipinski definition) is 7. The second-order valence-electron chi connectivity index (χ2n) is 10.2. The second-order valence-corrected chi connectivity index (χ2v) is 11.7. The van der Waals surface area contributed by atoms with Crippen molar-refractivity contribution in [3.8, 4) is 11.4 Å². The lowest BCUT2D eigenvalue weighted by Crippen LogP contribution is -2.40. The molecule has 0 radical (unpaired) electrons. The Balaban J connectivity index is 1.53. The van der Waals surface area contributed by atoms with Crippen LogP contribution in [0.1, 0.15) is 87.7 Å². The zero-order valence-electron chi connectivity index (χ0n) is 20.9. The molecule has 206 valence electrons. The molecule has 1 aliphatic carbocycles. The van der Waals surface area contributed by atoms with Crippen molar-refractivity contribution in [3.63, 3.8) is 0 Å². The molecule has 1 unspecified atom stereocenters. The molecule has 2 heterocycles. The van der Waals surface area contributed by atoms with Gasteiger partial charge in [-0.25, -0.2) is 13.6 Å². The van der Waals surface area contributed by atoms with Crippen LogP contribution in [-0.2, 0) is 16.2 Å². The topological polar surface area (TPSA) is 139 Å². The maximum absolute atomic E-state index is 13.8. The van der Waals surface area contributed by atoms with Crippen LogP contribution in [0.5, 0.6) is 0 Å². The molecule has 13 heteroatoms. The van der Waals surface area contributed by atoms with Gasteiger partial charge in [-0.1, -0.05) is 25.3 Å². The number of hydrogen-bond donors (Lipinski definition) is 4. The van der Waals surface area contributed by atoms with E-state index in [9.17, 15) is 21.6 Å². The van der Waals surface area contributed by atoms with Gasteiger partial charge in [0, 0.05) is 17.6 Å². The first-order valence-electron chi connectivity index (χ1n) is 13.1. The second kappa shape index (κ2) is 12.2. The molecule has 2 aliphatic rings. The number of aromatic amines is 1. The Labute approximate surface area is 215 Å². The molecule has 1 aromatic heterocycles. The maximum Gasteiger partial charge on any atom is 0.417 e. The summed E-state index contributed by atoms with van der Waals surface area (Å²) in [5, 5.41) is 25.9. The van der Waals surface area contributed by atoms with Crippen LogP contribution in [0.15, 0.2) is 17.0 Å². The third-order valence-corrected chi connectivity index (χ3v) is 8.54. The highest BCUT2D eigenvalue weighted by molar-refractivity contribution is 7.89. The standard InChI is InChI=1S/C24H36F3N7O2S/c25-24(26,27)20-13-12-19(21(22(20)37(28,35)36)23-31-33-34-32-23)16-8-10-18(11-9-16)30-17-6-2-1-4-14-29-15-5-3-7-17/h12-13,16-18,29-30H,1-11,14-15H2,(H2,28,35,36)(H,31,32,33,34). The number of benzene rings is 1. The van der Waals surface area contributed by atoms with E-state index < -0.39 is 26.7 Å². The Kier molecular flexibility index (Phi) is 9.20. The predicted octanol–water partition coefficient (Wildman–Crippen LogP) is 3.85. The van der Waals surface area contributed by atoms with E-state index in [1.165, 1.54) is 38.2 Å². The summed E-state index contributed by atoms with van der Waals surface area (Å²) in [6.45, 7) is 2.15. The van der Waals surface area contributed by atoms with Crippen LogP contribution < -0.4 is 15.8 Å². The van der Waals surface area contributed by atoms with Crippen LogP contribution in [0, 0.1) is 0 Å². The van der Waals surface area contributed by atoms with Crippen LogP contribution in [-0.4, -0.2) is 54.2 Å². The summed E-state index contributed by atoms with van der Waals surface area (Å²) < 4.78 is 66.2. The van der Waals surface area contributed by atoms with Gasteiger partial charge in [-0.2, -0.15) is 18.4 Å². The first-order valence-corrected chi connectivity index (χ1v) is 14.7. The Bertz CT molecular complexity index is 1110. The molecule has 1 atom stereocenters. The number of primary sulfonamides is 1. The van der Waals surface area contributed by atoms with Gasteiger partial charge in [0.05, 0.1) is 5.56 Å². The highest BCUT2D eigenvalue weighted by atomic mass is 32.2. The summed E-state index contributed by atoms with van der Waals surface area (Å²) in [6, 6.07) is 2.94. The molecule has 0 amide bonds. The quantitative estimate of drug-likeness (QED) is 0.449. The summed E-state index contributed by atoms with van der Waals surface area (Å²) >= 11 is 0. The number of nitrogens with zero attached hydrogens (tertiary/aromatic N) is 3. The van der Waals surface area contributed by atoms with E-state index in [0.717, 1.165) is 44.8 Å². The van der Waals surface area contributed by atoms with Crippen molar-refractivity contribution in [3.05, 3.63) is 23.3 Å². The molecule has 9 nitrogen and oxygen atoms in total. The molecule has 1 aliphatic heterocycles. The molecule has 4 rings (SSSR count). The van der Waals surface area contributed by atoms with E-state index in [0.29, 0.717) is 30.5 Å². The summed E-state index contributed by atoms with van der Waals surface area (Å²) in [7, 11) is -4.74. The minimum atomic E-state index is -4.91. The number of aromatic nitrogens is 4. The molecule has 5 N–H and O–H groups in total.